The van der Waals surface area contributed by atoms with Crippen LogP contribution >= 0.6 is 0 Å². The van der Waals surface area contributed by atoms with Crippen molar-refractivity contribution in [3.63, 3.8) is 0 Å². The number of carbonyl (C=O) groups is 1. The Morgan fingerprint density at radius 3 is 2.40 bits per heavy atom. The second-order valence-electron chi connectivity index (χ2n) is 8.54. The van der Waals surface area contributed by atoms with Crippen LogP contribution in [0, 0.1) is 0 Å². The highest BCUT2D eigenvalue weighted by molar-refractivity contribution is 5.76. The van der Waals surface area contributed by atoms with Gasteiger partial charge in [-0.3, -0.25) is 9.69 Å². The molecular weight excluding hydrogens is 372 g/mol. The first-order chi connectivity index (χ1) is 14.7. The zero-order valence-electron chi connectivity index (χ0n) is 19.3. The number of carbonyl (C=O) groups excluding carboxylic acids is 1. The molecule has 2 rings (SSSR count). The monoisotopic (exact) mass is 414 g/mol. The molecule has 0 unspecified atom stereocenters. The third-order valence-corrected chi connectivity index (χ3v) is 5.79. The highest BCUT2D eigenvalue weighted by Gasteiger charge is 2.17. The fraction of sp³-hybridized carbons (Fsp3) is 0.654. The van der Waals surface area contributed by atoms with Crippen molar-refractivity contribution in [2.45, 2.75) is 65.2 Å². The van der Waals surface area contributed by atoms with E-state index in [-0.39, 0.29) is 0 Å². The quantitative estimate of drug-likeness (QED) is 0.383. The molecule has 0 spiro atoms. The smallest absolute Gasteiger partial charge is 0.222 e. The maximum atomic E-state index is 13.0. The number of nitrogens with zero attached hydrogens (tertiary/aromatic N) is 2. The van der Waals surface area contributed by atoms with E-state index >= 15 is 0 Å². The van der Waals surface area contributed by atoms with Crippen LogP contribution in [0.1, 0.15) is 70.8 Å². The Bertz CT molecular complexity index is 609. The number of unbranched alkanes of at least 4 members (excludes halogenated alkanes) is 6. The molecule has 168 valence electrons. The number of amides is 1. The molecule has 1 aromatic carbocycles. The van der Waals surface area contributed by atoms with Gasteiger partial charge in [-0.05, 0) is 18.9 Å². The first-order valence-electron chi connectivity index (χ1n) is 12.0. The molecule has 1 aromatic rings. The Labute approximate surface area is 184 Å². The van der Waals surface area contributed by atoms with Gasteiger partial charge in [0.2, 0.25) is 5.91 Å². The van der Waals surface area contributed by atoms with E-state index in [0.717, 1.165) is 45.8 Å². The number of hydrogen-bond acceptors (Lipinski definition) is 3. The molecule has 30 heavy (non-hydrogen) atoms. The zero-order chi connectivity index (χ0) is 21.4. The Morgan fingerprint density at radius 1 is 1.03 bits per heavy atom. The second-order valence-corrected chi connectivity index (χ2v) is 8.54. The van der Waals surface area contributed by atoms with Crippen LogP contribution in [0.5, 0.6) is 0 Å². The molecular formula is C26H42N2O2. The topological polar surface area (TPSA) is 32.8 Å². The summed E-state index contributed by atoms with van der Waals surface area (Å²) in [5, 5.41) is 0. The largest absolute Gasteiger partial charge is 0.379 e. The molecule has 1 heterocycles. The molecule has 0 aromatic heterocycles. The van der Waals surface area contributed by atoms with E-state index in [9.17, 15) is 4.79 Å². The summed E-state index contributed by atoms with van der Waals surface area (Å²) in [6, 6.07) is 10.4. The van der Waals surface area contributed by atoms with Crippen LogP contribution in [0.3, 0.4) is 0 Å². The number of morpholine rings is 1. The van der Waals surface area contributed by atoms with Crippen molar-refractivity contribution in [1.82, 2.24) is 9.80 Å². The molecule has 0 N–H and O–H groups in total. The van der Waals surface area contributed by atoms with Crippen molar-refractivity contribution in [2.75, 3.05) is 45.9 Å². The van der Waals surface area contributed by atoms with Crippen LogP contribution in [0.4, 0.5) is 0 Å². The first-order valence-corrected chi connectivity index (χ1v) is 12.0. The first kappa shape index (κ1) is 24.6. The lowest BCUT2D eigenvalue weighted by Gasteiger charge is -2.30. The standard InChI is InChI=1S/C26H42N2O2/c1-3-4-5-6-7-8-12-15-26(29)28(17-16-27-18-20-30-21-19-27)23-24(2)22-25-13-10-9-11-14-25/h9-11,13-14,22H,3-8,12,15-21,23H2,1-2H3. The SMILES string of the molecule is CCCCCCCCCC(=O)N(CCN1CCOCC1)CC(C)=Cc1ccccc1. The van der Waals surface area contributed by atoms with Crippen molar-refractivity contribution in [3.8, 4) is 0 Å². The summed E-state index contributed by atoms with van der Waals surface area (Å²) >= 11 is 0. The summed E-state index contributed by atoms with van der Waals surface area (Å²) in [5.41, 5.74) is 2.43. The van der Waals surface area contributed by atoms with Gasteiger partial charge in [0.25, 0.3) is 0 Å². The third kappa shape index (κ3) is 10.4. The lowest BCUT2D eigenvalue weighted by atomic mass is 10.1. The summed E-state index contributed by atoms with van der Waals surface area (Å²) in [4.78, 5) is 17.5. The van der Waals surface area contributed by atoms with E-state index in [0.29, 0.717) is 18.9 Å². The van der Waals surface area contributed by atoms with Crippen molar-refractivity contribution in [1.29, 1.82) is 0 Å². The maximum absolute atomic E-state index is 13.0. The molecule has 0 aliphatic carbocycles. The molecule has 1 fully saturated rings. The fourth-order valence-electron chi connectivity index (χ4n) is 3.95. The summed E-state index contributed by atoms with van der Waals surface area (Å²) in [6.45, 7) is 10.4. The van der Waals surface area contributed by atoms with Crippen LogP contribution in [-0.4, -0.2) is 61.6 Å². The van der Waals surface area contributed by atoms with Gasteiger partial charge in [0.1, 0.15) is 0 Å². The zero-order valence-corrected chi connectivity index (χ0v) is 19.3. The van der Waals surface area contributed by atoms with Crippen LogP contribution in [0.15, 0.2) is 35.9 Å². The van der Waals surface area contributed by atoms with Crippen LogP contribution in [-0.2, 0) is 9.53 Å². The Kier molecular flexibility index (Phi) is 12.5. The van der Waals surface area contributed by atoms with Gasteiger partial charge < -0.3 is 9.64 Å². The molecule has 0 saturated carbocycles. The fourth-order valence-corrected chi connectivity index (χ4v) is 3.95. The summed E-state index contributed by atoms with van der Waals surface area (Å²) in [7, 11) is 0. The second kappa shape index (κ2) is 15.2. The average molecular weight is 415 g/mol. The van der Waals surface area contributed by atoms with Gasteiger partial charge >= 0.3 is 0 Å². The van der Waals surface area contributed by atoms with E-state index in [4.69, 9.17) is 4.74 Å². The average Bonchev–Trinajstić information content (AvgIpc) is 2.77. The molecule has 1 saturated heterocycles. The highest BCUT2D eigenvalue weighted by atomic mass is 16.5. The van der Waals surface area contributed by atoms with Crippen LogP contribution < -0.4 is 0 Å². The van der Waals surface area contributed by atoms with Gasteiger partial charge in [-0.1, -0.05) is 87.4 Å². The highest BCUT2D eigenvalue weighted by Crippen LogP contribution is 2.12. The normalized spacial score (nSPS) is 15.3. The van der Waals surface area contributed by atoms with E-state index in [1.54, 1.807) is 0 Å². The lowest BCUT2D eigenvalue weighted by Crippen LogP contribution is -2.43. The minimum atomic E-state index is 0.303. The Morgan fingerprint density at radius 2 is 1.70 bits per heavy atom. The van der Waals surface area contributed by atoms with E-state index in [1.807, 2.05) is 6.07 Å². The third-order valence-electron chi connectivity index (χ3n) is 5.79. The molecule has 1 aliphatic heterocycles. The molecule has 0 atom stereocenters. The molecule has 4 nitrogen and oxygen atoms in total. The van der Waals surface area contributed by atoms with E-state index < -0.39 is 0 Å². The number of hydrogen-bond donors (Lipinski definition) is 0. The van der Waals surface area contributed by atoms with Crippen molar-refractivity contribution < 1.29 is 9.53 Å². The van der Waals surface area contributed by atoms with Gasteiger partial charge in [0.15, 0.2) is 0 Å². The maximum Gasteiger partial charge on any atom is 0.222 e. The van der Waals surface area contributed by atoms with Gasteiger partial charge in [0, 0.05) is 39.1 Å². The van der Waals surface area contributed by atoms with Gasteiger partial charge in [-0.25, -0.2) is 0 Å². The van der Waals surface area contributed by atoms with Crippen molar-refractivity contribution >= 4 is 12.0 Å². The summed E-state index contributed by atoms with van der Waals surface area (Å²) < 4.78 is 5.45. The van der Waals surface area contributed by atoms with Crippen molar-refractivity contribution in [3.05, 3.63) is 41.5 Å². The summed E-state index contributed by atoms with van der Waals surface area (Å²) in [6.07, 6.45) is 11.6. The van der Waals surface area contributed by atoms with Crippen LogP contribution in [0.25, 0.3) is 6.08 Å². The van der Waals surface area contributed by atoms with E-state index in [2.05, 4.69) is 54.0 Å². The lowest BCUT2D eigenvalue weighted by molar-refractivity contribution is -0.131. The number of rotatable bonds is 14. The molecule has 4 heteroatoms. The number of benzene rings is 1. The van der Waals surface area contributed by atoms with Gasteiger partial charge in [-0.15, -0.1) is 0 Å². The van der Waals surface area contributed by atoms with Crippen LogP contribution in [0.2, 0.25) is 0 Å². The predicted molar refractivity (Wildman–Crippen MR) is 127 cm³/mol. The molecule has 0 bridgehead atoms. The molecule has 0 radical (unpaired) electrons. The van der Waals surface area contributed by atoms with Crippen molar-refractivity contribution in [2.24, 2.45) is 0 Å². The number of ether oxygens (including phenoxy) is 1. The summed E-state index contributed by atoms with van der Waals surface area (Å²) in [5.74, 6) is 0.303. The predicted octanol–water partition coefficient (Wildman–Crippen LogP) is 5.39. The van der Waals surface area contributed by atoms with Gasteiger partial charge in [-0.2, -0.15) is 0 Å². The minimum Gasteiger partial charge on any atom is -0.379 e. The Balaban J connectivity index is 1.84. The minimum absolute atomic E-state index is 0.303. The Hall–Kier alpha value is -1.65. The molecule has 1 aliphatic rings. The van der Waals surface area contributed by atoms with Gasteiger partial charge in [0.05, 0.1) is 13.2 Å². The van der Waals surface area contributed by atoms with E-state index in [1.165, 1.54) is 49.7 Å². The molecule has 1 amide bonds.